The van der Waals surface area contributed by atoms with Gasteiger partial charge in [-0.15, -0.1) is 0 Å². The summed E-state index contributed by atoms with van der Waals surface area (Å²) in [5.74, 6) is -0.221. The van der Waals surface area contributed by atoms with Crippen molar-refractivity contribution in [1.82, 2.24) is 9.97 Å². The molecule has 1 aliphatic rings. The summed E-state index contributed by atoms with van der Waals surface area (Å²) >= 11 is 1.05. The maximum Gasteiger partial charge on any atom is 0.204 e. The summed E-state index contributed by atoms with van der Waals surface area (Å²) in [6.45, 7) is -0.521. The van der Waals surface area contributed by atoms with Crippen molar-refractivity contribution in [2.75, 3.05) is 11.9 Å². The molecule has 1 saturated heterocycles. The zero-order valence-electron chi connectivity index (χ0n) is 12.9. The smallest absolute Gasteiger partial charge is 0.204 e. The molecule has 25 heavy (non-hydrogen) atoms. The van der Waals surface area contributed by atoms with E-state index in [1.807, 2.05) is 0 Å². The number of aliphatic hydroxyl groups excluding tert-OH is 4. The highest BCUT2D eigenvalue weighted by Crippen LogP contribution is 2.26. The number of rotatable bonds is 5. The SMILES string of the molecule is O=C(c1ccncc1)c1cnc(N[C@H]2OC(CO)[C@@H](O)[C@H](O)C2O)s1. The fourth-order valence-electron chi connectivity index (χ4n) is 2.43. The van der Waals surface area contributed by atoms with Crippen LogP contribution in [0.4, 0.5) is 5.13 Å². The highest BCUT2D eigenvalue weighted by molar-refractivity contribution is 7.17. The molecule has 3 heterocycles. The molecule has 1 fully saturated rings. The number of hydrogen-bond donors (Lipinski definition) is 5. The van der Waals surface area contributed by atoms with E-state index in [4.69, 9.17) is 4.74 Å². The number of anilines is 1. The summed E-state index contributed by atoms with van der Waals surface area (Å²) in [7, 11) is 0. The van der Waals surface area contributed by atoms with Gasteiger partial charge in [0.1, 0.15) is 24.4 Å². The molecule has 9 nitrogen and oxygen atoms in total. The van der Waals surface area contributed by atoms with Crippen molar-refractivity contribution in [2.45, 2.75) is 30.6 Å². The largest absolute Gasteiger partial charge is 0.394 e. The Balaban J connectivity index is 1.72. The van der Waals surface area contributed by atoms with E-state index in [1.165, 1.54) is 18.6 Å². The van der Waals surface area contributed by atoms with Gasteiger partial charge in [0.25, 0.3) is 0 Å². The molecule has 1 aliphatic heterocycles. The molecule has 0 saturated carbocycles. The lowest BCUT2D eigenvalue weighted by Crippen LogP contribution is -2.60. The molecule has 0 bridgehead atoms. The second-order valence-electron chi connectivity index (χ2n) is 5.49. The van der Waals surface area contributed by atoms with E-state index < -0.39 is 37.3 Å². The number of pyridine rings is 1. The third-order valence-electron chi connectivity index (χ3n) is 3.83. The molecule has 0 aliphatic carbocycles. The molecular weight excluding hydrogens is 350 g/mol. The van der Waals surface area contributed by atoms with Gasteiger partial charge in [-0.05, 0) is 12.1 Å². The van der Waals surface area contributed by atoms with Gasteiger partial charge in [0.15, 0.2) is 11.4 Å². The zero-order chi connectivity index (χ0) is 18.0. The first-order valence-corrected chi connectivity index (χ1v) is 8.30. The van der Waals surface area contributed by atoms with Gasteiger partial charge in [0.2, 0.25) is 5.78 Å². The maximum absolute atomic E-state index is 12.3. The molecule has 134 valence electrons. The molecule has 5 N–H and O–H groups in total. The Kier molecular flexibility index (Phi) is 5.37. The summed E-state index contributed by atoms with van der Waals surface area (Å²) in [5, 5.41) is 41.8. The van der Waals surface area contributed by atoms with Crippen LogP contribution in [0, 0.1) is 0 Å². The van der Waals surface area contributed by atoms with Gasteiger partial charge in [-0.2, -0.15) is 0 Å². The Bertz CT molecular complexity index is 725. The van der Waals surface area contributed by atoms with Gasteiger partial charge < -0.3 is 30.5 Å². The molecule has 2 aromatic rings. The average Bonchev–Trinajstić information content (AvgIpc) is 3.11. The predicted octanol–water partition coefficient (Wildman–Crippen LogP) is -1.02. The van der Waals surface area contributed by atoms with Gasteiger partial charge in [-0.3, -0.25) is 9.78 Å². The van der Waals surface area contributed by atoms with Gasteiger partial charge >= 0.3 is 0 Å². The first-order valence-electron chi connectivity index (χ1n) is 7.49. The monoisotopic (exact) mass is 367 g/mol. The van der Waals surface area contributed by atoms with E-state index in [2.05, 4.69) is 15.3 Å². The summed E-state index contributed by atoms with van der Waals surface area (Å²) in [4.78, 5) is 20.6. The highest BCUT2D eigenvalue weighted by Gasteiger charge is 2.43. The first kappa shape index (κ1) is 17.9. The summed E-state index contributed by atoms with van der Waals surface area (Å²) < 4.78 is 5.34. The third kappa shape index (κ3) is 3.68. The number of aromatic nitrogens is 2. The molecule has 0 amide bonds. The van der Waals surface area contributed by atoms with E-state index in [1.54, 1.807) is 12.1 Å². The highest BCUT2D eigenvalue weighted by atomic mass is 32.1. The number of nitrogens with one attached hydrogen (secondary N) is 1. The molecule has 0 aromatic carbocycles. The standard InChI is InChI=1S/C15H17N3O6S/c19-6-8-11(21)12(22)13(23)14(24-8)18-15-17-5-9(25-15)10(20)7-1-3-16-4-2-7/h1-5,8,11-14,19,21-23H,6H2,(H,17,18)/t8?,11-,12+,13?,14+/m1/s1. The van der Waals surface area contributed by atoms with E-state index in [9.17, 15) is 25.2 Å². The van der Waals surface area contributed by atoms with Gasteiger partial charge in [0.05, 0.1) is 17.7 Å². The van der Waals surface area contributed by atoms with Crippen molar-refractivity contribution in [2.24, 2.45) is 0 Å². The van der Waals surface area contributed by atoms with E-state index in [-0.39, 0.29) is 5.78 Å². The van der Waals surface area contributed by atoms with Crippen LogP contribution in [-0.2, 0) is 4.74 Å². The minimum atomic E-state index is -1.48. The number of hydrogen-bond acceptors (Lipinski definition) is 10. The molecule has 2 aromatic heterocycles. The van der Waals surface area contributed by atoms with Crippen molar-refractivity contribution < 1.29 is 30.0 Å². The Morgan fingerprint density at radius 2 is 1.92 bits per heavy atom. The lowest BCUT2D eigenvalue weighted by molar-refractivity contribution is -0.221. The summed E-state index contributed by atoms with van der Waals surface area (Å²) in [6, 6.07) is 3.18. The molecule has 0 radical (unpaired) electrons. The number of thiazole rings is 1. The summed E-state index contributed by atoms with van der Waals surface area (Å²) in [6.07, 6.45) is -2.04. The summed E-state index contributed by atoms with van der Waals surface area (Å²) in [5.41, 5.74) is 0.470. The van der Waals surface area contributed by atoms with Crippen molar-refractivity contribution in [3.63, 3.8) is 0 Å². The minimum absolute atomic E-state index is 0.221. The fourth-order valence-corrected chi connectivity index (χ4v) is 3.24. The average molecular weight is 367 g/mol. The van der Waals surface area contributed by atoms with E-state index in [0.29, 0.717) is 15.6 Å². The number of aliphatic hydroxyl groups is 4. The fraction of sp³-hybridized carbons (Fsp3) is 0.400. The molecule has 2 unspecified atom stereocenters. The van der Waals surface area contributed by atoms with Gasteiger partial charge in [0, 0.05) is 18.0 Å². The third-order valence-corrected chi connectivity index (χ3v) is 4.76. The van der Waals surface area contributed by atoms with Gasteiger partial charge in [-0.1, -0.05) is 11.3 Å². The topological polar surface area (TPSA) is 145 Å². The Labute approximate surface area is 146 Å². The van der Waals surface area contributed by atoms with Crippen LogP contribution in [0.15, 0.2) is 30.7 Å². The zero-order valence-corrected chi connectivity index (χ0v) is 13.7. The molecule has 0 spiro atoms. The Hall–Kier alpha value is -1.95. The van der Waals surface area contributed by atoms with Crippen LogP contribution in [0.2, 0.25) is 0 Å². The second-order valence-corrected chi connectivity index (χ2v) is 6.52. The molecule has 5 atom stereocenters. The van der Waals surface area contributed by atoms with Crippen LogP contribution in [-0.4, -0.2) is 73.4 Å². The molecular formula is C15H17N3O6S. The second kappa shape index (κ2) is 7.52. The number of nitrogens with zero attached hydrogens (tertiary/aromatic N) is 2. The minimum Gasteiger partial charge on any atom is -0.394 e. The lowest BCUT2D eigenvalue weighted by atomic mass is 9.98. The molecule has 3 rings (SSSR count). The van der Waals surface area contributed by atoms with Crippen molar-refractivity contribution in [1.29, 1.82) is 0 Å². The predicted molar refractivity (Wildman–Crippen MR) is 87.2 cm³/mol. The van der Waals surface area contributed by atoms with Crippen molar-refractivity contribution >= 4 is 22.3 Å². The molecule has 10 heteroatoms. The van der Waals surface area contributed by atoms with Crippen LogP contribution in [0.1, 0.15) is 15.2 Å². The number of carbonyl (C=O) groups excluding carboxylic acids is 1. The number of ether oxygens (including phenoxy) is 1. The Morgan fingerprint density at radius 3 is 2.60 bits per heavy atom. The Morgan fingerprint density at radius 1 is 1.20 bits per heavy atom. The van der Waals surface area contributed by atoms with Crippen LogP contribution in [0.25, 0.3) is 0 Å². The quantitative estimate of drug-likeness (QED) is 0.419. The van der Waals surface area contributed by atoms with E-state index in [0.717, 1.165) is 11.3 Å². The van der Waals surface area contributed by atoms with E-state index >= 15 is 0 Å². The number of ketones is 1. The number of carbonyl (C=O) groups is 1. The van der Waals surface area contributed by atoms with Crippen molar-refractivity contribution in [3.8, 4) is 0 Å². The van der Waals surface area contributed by atoms with Gasteiger partial charge in [-0.25, -0.2) is 4.98 Å². The van der Waals surface area contributed by atoms with Crippen LogP contribution in [0.5, 0.6) is 0 Å². The van der Waals surface area contributed by atoms with Crippen LogP contribution < -0.4 is 5.32 Å². The maximum atomic E-state index is 12.3. The van der Waals surface area contributed by atoms with Crippen LogP contribution >= 0.6 is 11.3 Å². The lowest BCUT2D eigenvalue weighted by Gasteiger charge is -2.40. The van der Waals surface area contributed by atoms with Crippen molar-refractivity contribution in [3.05, 3.63) is 41.2 Å². The first-order chi connectivity index (χ1) is 12.0. The normalized spacial score (nSPS) is 29.4. The van der Waals surface area contributed by atoms with Crippen LogP contribution in [0.3, 0.4) is 0 Å².